The van der Waals surface area contributed by atoms with Crippen molar-refractivity contribution < 1.29 is 14.6 Å². The van der Waals surface area contributed by atoms with Gasteiger partial charge in [-0.3, -0.25) is 18.7 Å². The molecule has 1 saturated heterocycles. The van der Waals surface area contributed by atoms with E-state index < -0.39 is 5.97 Å². The summed E-state index contributed by atoms with van der Waals surface area (Å²) in [6, 6.07) is 0. The van der Waals surface area contributed by atoms with Crippen LogP contribution in [0.3, 0.4) is 0 Å². The van der Waals surface area contributed by atoms with Gasteiger partial charge in [0.05, 0.1) is 25.4 Å². The largest absolute Gasteiger partial charge is 0.481 e. The zero-order chi connectivity index (χ0) is 20.8. The van der Waals surface area contributed by atoms with Crippen molar-refractivity contribution in [2.24, 2.45) is 0 Å². The molecular formula is C18H25ClN6O4S. The van der Waals surface area contributed by atoms with Gasteiger partial charge in [0.25, 0.3) is 5.56 Å². The molecule has 0 saturated carbocycles. The number of carboxylic acids is 1. The van der Waals surface area contributed by atoms with Crippen LogP contribution in [0.15, 0.2) is 9.95 Å². The molecule has 10 nitrogen and oxygen atoms in total. The molecule has 1 aliphatic rings. The SMILES string of the molecule is CC#CCn1c(N2CCNCC2)nc2nc(SCC(=O)O)n(CCOC)c(=O)c21.Cl. The smallest absolute Gasteiger partial charge is 0.313 e. The quantitative estimate of drug-likeness (QED) is 0.328. The van der Waals surface area contributed by atoms with Crippen molar-refractivity contribution in [3.8, 4) is 11.8 Å². The number of piperazine rings is 1. The molecular weight excluding hydrogens is 432 g/mol. The minimum Gasteiger partial charge on any atom is -0.481 e. The molecule has 30 heavy (non-hydrogen) atoms. The first-order valence-electron chi connectivity index (χ1n) is 9.26. The average molecular weight is 457 g/mol. The highest BCUT2D eigenvalue weighted by Crippen LogP contribution is 2.23. The molecule has 0 aromatic carbocycles. The molecule has 1 fully saturated rings. The van der Waals surface area contributed by atoms with Crippen molar-refractivity contribution in [1.82, 2.24) is 24.4 Å². The second-order valence-corrected chi connectivity index (χ2v) is 7.30. The number of anilines is 1. The van der Waals surface area contributed by atoms with Crippen molar-refractivity contribution in [2.45, 2.75) is 25.2 Å². The molecule has 2 aromatic rings. The van der Waals surface area contributed by atoms with Gasteiger partial charge in [-0.25, -0.2) is 4.98 Å². The number of ether oxygens (including phenoxy) is 1. The molecule has 0 bridgehead atoms. The summed E-state index contributed by atoms with van der Waals surface area (Å²) in [5, 5.41) is 12.7. The molecule has 164 valence electrons. The van der Waals surface area contributed by atoms with E-state index in [2.05, 4.69) is 32.0 Å². The van der Waals surface area contributed by atoms with Crippen LogP contribution >= 0.6 is 24.2 Å². The van der Waals surface area contributed by atoms with Gasteiger partial charge >= 0.3 is 5.97 Å². The van der Waals surface area contributed by atoms with E-state index >= 15 is 0 Å². The number of methoxy groups -OCH3 is 1. The van der Waals surface area contributed by atoms with Crippen molar-refractivity contribution in [2.75, 3.05) is 50.5 Å². The Labute approximate surface area is 184 Å². The summed E-state index contributed by atoms with van der Waals surface area (Å²) >= 11 is 0.999. The molecule has 3 rings (SSSR count). The lowest BCUT2D eigenvalue weighted by molar-refractivity contribution is -0.133. The van der Waals surface area contributed by atoms with Gasteiger partial charge in [0.15, 0.2) is 16.3 Å². The first-order chi connectivity index (χ1) is 14.1. The number of nitrogens with zero attached hydrogens (tertiary/aromatic N) is 5. The Morgan fingerprint density at radius 3 is 2.67 bits per heavy atom. The monoisotopic (exact) mass is 456 g/mol. The predicted molar refractivity (Wildman–Crippen MR) is 118 cm³/mol. The minimum atomic E-state index is -0.979. The maximum absolute atomic E-state index is 13.3. The zero-order valence-corrected chi connectivity index (χ0v) is 18.5. The third-order valence-electron chi connectivity index (χ3n) is 4.47. The topological polar surface area (TPSA) is 115 Å². The molecule has 2 aromatic heterocycles. The fraction of sp³-hybridized carbons (Fsp3) is 0.556. The summed E-state index contributed by atoms with van der Waals surface area (Å²) in [6.45, 7) is 5.84. The van der Waals surface area contributed by atoms with Crippen LogP contribution in [-0.2, 0) is 22.6 Å². The molecule has 12 heteroatoms. The number of carboxylic acid groups (broad SMARTS) is 1. The minimum absolute atomic E-state index is 0. The number of rotatable bonds is 8. The second-order valence-electron chi connectivity index (χ2n) is 6.36. The van der Waals surface area contributed by atoms with Gasteiger partial charge in [-0.05, 0) is 6.92 Å². The van der Waals surface area contributed by atoms with Gasteiger partial charge in [0, 0.05) is 33.3 Å². The molecule has 0 unspecified atom stereocenters. The molecule has 2 N–H and O–H groups in total. The van der Waals surface area contributed by atoms with Gasteiger partial charge in [-0.15, -0.1) is 18.3 Å². The van der Waals surface area contributed by atoms with Gasteiger partial charge in [-0.1, -0.05) is 17.7 Å². The molecule has 3 heterocycles. The first kappa shape index (κ1) is 24.0. The Morgan fingerprint density at radius 1 is 1.30 bits per heavy atom. The lowest BCUT2D eigenvalue weighted by atomic mass is 10.4. The highest BCUT2D eigenvalue weighted by Gasteiger charge is 2.24. The standard InChI is InChI=1S/C18H24N6O4S.ClH/c1-3-4-7-23-14-15(20-17(23)22-8-5-19-6-9-22)21-18(29-12-13(25)26)24(16(14)27)10-11-28-2;/h19H,5-12H2,1-2H3,(H,25,26);1H. The number of halogens is 1. The van der Waals surface area contributed by atoms with E-state index in [4.69, 9.17) is 9.84 Å². The molecule has 0 atom stereocenters. The number of hydrogen-bond acceptors (Lipinski definition) is 8. The van der Waals surface area contributed by atoms with Crippen molar-refractivity contribution in [3.63, 3.8) is 0 Å². The lowest BCUT2D eigenvalue weighted by Crippen LogP contribution is -2.44. The third-order valence-corrected chi connectivity index (χ3v) is 5.43. The van der Waals surface area contributed by atoms with E-state index in [1.807, 2.05) is 0 Å². The molecule has 0 radical (unpaired) electrons. The first-order valence-corrected chi connectivity index (χ1v) is 10.2. The van der Waals surface area contributed by atoms with E-state index in [0.717, 1.165) is 37.9 Å². The number of aromatic nitrogens is 4. The predicted octanol–water partition coefficient (Wildman–Crippen LogP) is 0.271. The Hall–Kier alpha value is -2.26. The molecule has 1 aliphatic heterocycles. The normalized spacial score (nSPS) is 13.6. The Kier molecular flexibility index (Phi) is 8.98. The maximum atomic E-state index is 13.3. The average Bonchev–Trinajstić information content (AvgIpc) is 3.09. The van der Waals surface area contributed by atoms with Gasteiger partial charge in [0.2, 0.25) is 5.95 Å². The summed E-state index contributed by atoms with van der Waals surface area (Å²) in [4.78, 5) is 35.6. The Balaban J connectivity index is 0.00000320. The summed E-state index contributed by atoms with van der Waals surface area (Å²) in [5.41, 5.74) is 0.409. The highest BCUT2D eigenvalue weighted by molar-refractivity contribution is 7.99. The van der Waals surface area contributed by atoms with Crippen LogP contribution in [0.25, 0.3) is 11.2 Å². The lowest BCUT2D eigenvalue weighted by Gasteiger charge is -2.28. The van der Waals surface area contributed by atoms with Crippen LogP contribution in [-0.4, -0.2) is 75.8 Å². The van der Waals surface area contributed by atoms with E-state index in [1.54, 1.807) is 18.6 Å². The van der Waals surface area contributed by atoms with Crippen LogP contribution in [0.4, 0.5) is 5.95 Å². The van der Waals surface area contributed by atoms with E-state index in [0.29, 0.717) is 35.4 Å². The second kappa shape index (κ2) is 11.2. The van der Waals surface area contributed by atoms with E-state index in [9.17, 15) is 9.59 Å². The van der Waals surface area contributed by atoms with Crippen molar-refractivity contribution >= 4 is 47.3 Å². The molecule has 0 aliphatic carbocycles. The van der Waals surface area contributed by atoms with E-state index in [-0.39, 0.29) is 30.3 Å². The summed E-state index contributed by atoms with van der Waals surface area (Å²) in [5.74, 6) is 5.36. The van der Waals surface area contributed by atoms with Gasteiger partial charge < -0.3 is 20.1 Å². The van der Waals surface area contributed by atoms with Crippen LogP contribution in [0, 0.1) is 11.8 Å². The Bertz CT molecular complexity index is 1010. The summed E-state index contributed by atoms with van der Waals surface area (Å²) in [7, 11) is 1.55. The zero-order valence-electron chi connectivity index (χ0n) is 16.9. The van der Waals surface area contributed by atoms with Crippen molar-refractivity contribution in [3.05, 3.63) is 10.4 Å². The van der Waals surface area contributed by atoms with Gasteiger partial charge in [-0.2, -0.15) is 4.98 Å². The summed E-state index contributed by atoms with van der Waals surface area (Å²) < 4.78 is 8.38. The van der Waals surface area contributed by atoms with Crippen LogP contribution in [0.5, 0.6) is 0 Å². The number of fused-ring (bicyclic) bond motifs is 1. The Morgan fingerprint density at radius 2 is 2.03 bits per heavy atom. The molecule has 0 amide bonds. The maximum Gasteiger partial charge on any atom is 0.313 e. The third kappa shape index (κ3) is 5.26. The number of imidazole rings is 1. The van der Waals surface area contributed by atoms with Crippen LogP contribution < -0.4 is 15.8 Å². The number of carbonyl (C=O) groups is 1. The molecule has 0 spiro atoms. The summed E-state index contributed by atoms with van der Waals surface area (Å²) in [6.07, 6.45) is 0. The van der Waals surface area contributed by atoms with Crippen molar-refractivity contribution in [1.29, 1.82) is 0 Å². The van der Waals surface area contributed by atoms with Crippen LogP contribution in [0.2, 0.25) is 0 Å². The highest BCUT2D eigenvalue weighted by atomic mass is 35.5. The number of thioether (sulfide) groups is 1. The number of nitrogens with one attached hydrogen (secondary N) is 1. The fourth-order valence-corrected chi connectivity index (χ4v) is 3.85. The van der Waals surface area contributed by atoms with Crippen LogP contribution in [0.1, 0.15) is 6.92 Å². The fourth-order valence-electron chi connectivity index (χ4n) is 3.11. The van der Waals surface area contributed by atoms with E-state index in [1.165, 1.54) is 4.57 Å². The van der Waals surface area contributed by atoms with Gasteiger partial charge in [0.1, 0.15) is 0 Å². The number of hydrogen-bond donors (Lipinski definition) is 2. The number of aliphatic carboxylic acids is 1.